The molecule has 1 aliphatic rings. The minimum absolute atomic E-state index is 0. The van der Waals surface area contributed by atoms with Crippen LogP contribution in [-0.2, 0) is 19.6 Å². The molecule has 0 saturated carbocycles. The molecule has 2 aromatic rings. The maximum absolute atomic E-state index is 5.44. The molecule has 0 radical (unpaired) electrons. The predicted molar refractivity (Wildman–Crippen MR) is 128 cm³/mol. The van der Waals surface area contributed by atoms with E-state index in [2.05, 4.69) is 58.6 Å². The fourth-order valence-corrected chi connectivity index (χ4v) is 3.21. The summed E-state index contributed by atoms with van der Waals surface area (Å²) in [4.78, 5) is 6.76. The Hall–Kier alpha value is -2.00. The Morgan fingerprint density at radius 2 is 1.66 bits per heavy atom. The average Bonchev–Trinajstić information content (AvgIpc) is 3.20. The van der Waals surface area contributed by atoms with E-state index >= 15 is 0 Å². The van der Waals surface area contributed by atoms with Crippen molar-refractivity contribution in [3.05, 3.63) is 59.2 Å². The molecular formula is C22H31IN4O2. The summed E-state index contributed by atoms with van der Waals surface area (Å²) in [5, 5.41) is 6.78. The van der Waals surface area contributed by atoms with Crippen molar-refractivity contribution in [1.29, 1.82) is 0 Å². The zero-order valence-electron chi connectivity index (χ0n) is 17.4. The number of nitrogens with zero attached hydrogens (tertiary/aromatic N) is 2. The zero-order chi connectivity index (χ0) is 19.8. The van der Waals surface area contributed by atoms with Crippen LogP contribution >= 0.6 is 24.0 Å². The molecule has 0 aliphatic carbocycles. The van der Waals surface area contributed by atoms with Crippen molar-refractivity contribution in [2.45, 2.75) is 33.5 Å². The number of halogens is 1. The topological polar surface area (TPSA) is 58.1 Å². The van der Waals surface area contributed by atoms with Crippen LogP contribution in [-0.4, -0.2) is 37.8 Å². The molecule has 3 rings (SSSR count). The second kappa shape index (κ2) is 11.9. The van der Waals surface area contributed by atoms with E-state index in [4.69, 9.17) is 9.47 Å². The molecule has 1 aliphatic heterocycles. The smallest absolute Gasteiger partial charge is 0.231 e. The lowest BCUT2D eigenvalue weighted by Crippen LogP contribution is -2.36. The average molecular weight is 510 g/mol. The highest BCUT2D eigenvalue weighted by atomic mass is 127. The number of rotatable bonds is 8. The van der Waals surface area contributed by atoms with E-state index in [1.54, 1.807) is 7.05 Å². The molecule has 6 nitrogen and oxygen atoms in total. The van der Waals surface area contributed by atoms with E-state index < -0.39 is 0 Å². The largest absolute Gasteiger partial charge is 0.454 e. The molecule has 0 spiro atoms. The maximum atomic E-state index is 5.44. The van der Waals surface area contributed by atoms with E-state index in [1.807, 2.05) is 18.2 Å². The summed E-state index contributed by atoms with van der Waals surface area (Å²) >= 11 is 0. The van der Waals surface area contributed by atoms with E-state index in [0.717, 1.165) is 49.2 Å². The van der Waals surface area contributed by atoms with Crippen LogP contribution in [0.4, 0.5) is 0 Å². The van der Waals surface area contributed by atoms with E-state index in [0.29, 0.717) is 13.3 Å². The van der Waals surface area contributed by atoms with Gasteiger partial charge in [0.15, 0.2) is 17.5 Å². The quantitative estimate of drug-likeness (QED) is 0.322. The first-order valence-corrected chi connectivity index (χ1v) is 9.85. The zero-order valence-corrected chi connectivity index (χ0v) is 19.7. The Morgan fingerprint density at radius 3 is 2.38 bits per heavy atom. The molecule has 0 unspecified atom stereocenters. The lowest BCUT2D eigenvalue weighted by atomic mass is 10.1. The van der Waals surface area contributed by atoms with Crippen molar-refractivity contribution < 1.29 is 9.47 Å². The van der Waals surface area contributed by atoms with Gasteiger partial charge in [-0.25, -0.2) is 0 Å². The molecule has 0 aromatic heterocycles. The summed E-state index contributed by atoms with van der Waals surface area (Å²) in [6.07, 6.45) is 0. The first kappa shape index (κ1) is 23.3. The third-order valence-electron chi connectivity index (χ3n) is 4.97. The minimum Gasteiger partial charge on any atom is -0.454 e. The molecular weight excluding hydrogens is 479 g/mol. The second-order valence-electron chi connectivity index (χ2n) is 6.70. The second-order valence-corrected chi connectivity index (χ2v) is 6.70. The van der Waals surface area contributed by atoms with Crippen molar-refractivity contribution in [1.82, 2.24) is 15.5 Å². The highest BCUT2D eigenvalue weighted by Gasteiger charge is 2.13. The van der Waals surface area contributed by atoms with Gasteiger partial charge in [-0.2, -0.15) is 0 Å². The Balaban J connectivity index is 0.00000300. The number of hydrogen-bond acceptors (Lipinski definition) is 4. The summed E-state index contributed by atoms with van der Waals surface area (Å²) in [6.45, 7) is 9.17. The molecule has 29 heavy (non-hydrogen) atoms. The van der Waals surface area contributed by atoms with Crippen LogP contribution < -0.4 is 20.1 Å². The monoisotopic (exact) mass is 510 g/mol. The number of fused-ring (bicyclic) bond motifs is 1. The number of hydrogen-bond donors (Lipinski definition) is 2. The molecule has 2 N–H and O–H groups in total. The van der Waals surface area contributed by atoms with Gasteiger partial charge in [-0.3, -0.25) is 9.89 Å². The molecule has 0 atom stereocenters. The van der Waals surface area contributed by atoms with Crippen molar-refractivity contribution in [2.75, 3.05) is 26.9 Å². The van der Waals surface area contributed by atoms with Gasteiger partial charge in [-0.05, 0) is 41.9 Å². The van der Waals surface area contributed by atoms with Crippen molar-refractivity contribution >= 4 is 29.9 Å². The molecule has 158 valence electrons. The van der Waals surface area contributed by atoms with Crippen LogP contribution in [0.5, 0.6) is 11.5 Å². The van der Waals surface area contributed by atoms with Gasteiger partial charge in [-0.15, -0.1) is 24.0 Å². The Morgan fingerprint density at radius 1 is 0.966 bits per heavy atom. The first-order chi connectivity index (χ1) is 13.7. The summed E-state index contributed by atoms with van der Waals surface area (Å²) in [6, 6.07) is 14.6. The summed E-state index contributed by atoms with van der Waals surface area (Å²) < 4.78 is 10.8. The van der Waals surface area contributed by atoms with E-state index in [-0.39, 0.29) is 24.0 Å². The van der Waals surface area contributed by atoms with Crippen molar-refractivity contribution in [3.63, 3.8) is 0 Å². The summed E-state index contributed by atoms with van der Waals surface area (Å²) in [7, 11) is 1.79. The molecule has 2 aromatic carbocycles. The Kier molecular flexibility index (Phi) is 9.53. The van der Waals surface area contributed by atoms with Gasteiger partial charge in [0.25, 0.3) is 0 Å². The van der Waals surface area contributed by atoms with Crippen LogP contribution in [0.25, 0.3) is 0 Å². The van der Waals surface area contributed by atoms with Gasteiger partial charge in [0, 0.05) is 26.7 Å². The number of nitrogens with one attached hydrogen (secondary N) is 2. The van der Waals surface area contributed by atoms with Crippen LogP contribution in [0.3, 0.4) is 0 Å². The van der Waals surface area contributed by atoms with Crippen LogP contribution in [0.1, 0.15) is 30.5 Å². The first-order valence-electron chi connectivity index (χ1n) is 9.85. The number of guanidine groups is 1. The molecule has 0 saturated heterocycles. The van der Waals surface area contributed by atoms with Crippen LogP contribution in [0.2, 0.25) is 0 Å². The molecule has 7 heteroatoms. The van der Waals surface area contributed by atoms with E-state index in [9.17, 15) is 0 Å². The maximum Gasteiger partial charge on any atom is 0.231 e. The van der Waals surface area contributed by atoms with Gasteiger partial charge in [0.1, 0.15) is 0 Å². The molecule has 0 fully saturated rings. The molecule has 1 heterocycles. The third-order valence-corrected chi connectivity index (χ3v) is 4.97. The van der Waals surface area contributed by atoms with Gasteiger partial charge in [0.05, 0.1) is 0 Å². The van der Waals surface area contributed by atoms with Gasteiger partial charge in [-0.1, -0.05) is 44.2 Å². The van der Waals surface area contributed by atoms with Gasteiger partial charge >= 0.3 is 0 Å². The number of benzene rings is 2. The highest BCUT2D eigenvalue weighted by molar-refractivity contribution is 14.0. The predicted octanol–water partition coefficient (Wildman–Crippen LogP) is 3.74. The Bertz CT molecular complexity index is 809. The van der Waals surface area contributed by atoms with Gasteiger partial charge < -0.3 is 20.1 Å². The molecule has 0 bridgehead atoms. The van der Waals surface area contributed by atoms with Crippen LogP contribution in [0.15, 0.2) is 47.5 Å². The lowest BCUT2D eigenvalue weighted by Gasteiger charge is -2.20. The summed E-state index contributed by atoms with van der Waals surface area (Å²) in [5.41, 5.74) is 3.76. The summed E-state index contributed by atoms with van der Waals surface area (Å²) in [5.74, 6) is 2.37. The van der Waals surface area contributed by atoms with Crippen molar-refractivity contribution in [3.8, 4) is 11.5 Å². The Labute approximate surface area is 190 Å². The normalized spacial score (nSPS) is 12.6. The standard InChI is InChI=1S/C22H30N4O2.HI/c1-4-26(5-2)15-19-9-7-6-8-18(19)14-25-22(23-3)24-13-17-10-11-20-21(12-17)28-16-27-20;/h6-12H,4-5,13-16H2,1-3H3,(H2,23,24,25);1H. The highest BCUT2D eigenvalue weighted by Crippen LogP contribution is 2.32. The molecule has 0 amide bonds. The number of ether oxygens (including phenoxy) is 2. The van der Waals surface area contributed by atoms with Crippen LogP contribution in [0, 0.1) is 0 Å². The lowest BCUT2D eigenvalue weighted by molar-refractivity contribution is 0.174. The van der Waals surface area contributed by atoms with Crippen molar-refractivity contribution in [2.24, 2.45) is 4.99 Å². The fourth-order valence-electron chi connectivity index (χ4n) is 3.21. The third kappa shape index (κ3) is 6.50. The SMILES string of the molecule is CCN(CC)Cc1ccccc1CNC(=NC)NCc1ccc2c(c1)OCO2.I. The van der Waals surface area contributed by atoms with Gasteiger partial charge in [0.2, 0.25) is 6.79 Å². The number of aliphatic imine (C=N–C) groups is 1. The van der Waals surface area contributed by atoms with E-state index in [1.165, 1.54) is 11.1 Å². The fraction of sp³-hybridized carbons (Fsp3) is 0.409. The minimum atomic E-state index is 0.